The zero-order valence-corrected chi connectivity index (χ0v) is 10.6. The van der Waals surface area contributed by atoms with Gasteiger partial charge in [-0.1, -0.05) is 25.3 Å². The van der Waals surface area contributed by atoms with E-state index < -0.39 is 28.9 Å². The molecule has 2 rings (SSSR count). The van der Waals surface area contributed by atoms with Crippen molar-refractivity contribution in [3.8, 4) is 0 Å². The summed E-state index contributed by atoms with van der Waals surface area (Å²) in [7, 11) is 0. The number of rotatable bonds is 2. The molecule has 6 heteroatoms. The van der Waals surface area contributed by atoms with Crippen molar-refractivity contribution in [2.75, 3.05) is 0 Å². The molecule has 1 N–H and O–H groups in total. The lowest BCUT2D eigenvalue weighted by Gasteiger charge is -2.34. The summed E-state index contributed by atoms with van der Waals surface area (Å²) < 4.78 is 51.5. The predicted molar refractivity (Wildman–Crippen MR) is 63.8 cm³/mol. The molecule has 0 amide bonds. The fourth-order valence-electron chi connectivity index (χ4n) is 2.83. The number of aliphatic carboxylic acids is 1. The maximum Gasteiger partial charge on any atom is 0.416 e. The Bertz CT molecular complexity index is 516. The van der Waals surface area contributed by atoms with Crippen LogP contribution in [0.1, 0.15) is 43.2 Å². The molecule has 1 fully saturated rings. The molecule has 1 aliphatic carbocycles. The third kappa shape index (κ3) is 2.51. The summed E-state index contributed by atoms with van der Waals surface area (Å²) in [4.78, 5) is 11.5. The van der Waals surface area contributed by atoms with Gasteiger partial charge in [0.15, 0.2) is 0 Å². The molecule has 20 heavy (non-hydrogen) atoms. The molecule has 0 saturated heterocycles. The summed E-state index contributed by atoms with van der Waals surface area (Å²) in [6.07, 6.45) is -2.01. The maximum atomic E-state index is 14.0. The van der Waals surface area contributed by atoms with Gasteiger partial charge in [-0.3, -0.25) is 4.79 Å². The number of hydrogen-bond donors (Lipinski definition) is 1. The third-order valence-corrected chi connectivity index (χ3v) is 3.93. The van der Waals surface area contributed by atoms with Gasteiger partial charge in [0.2, 0.25) is 0 Å². The summed E-state index contributed by atoms with van der Waals surface area (Å²) in [6.45, 7) is 0. The predicted octanol–water partition coefficient (Wildman–Crippen LogP) is 4.13. The first kappa shape index (κ1) is 14.8. The summed E-state index contributed by atoms with van der Waals surface area (Å²) in [5.74, 6) is -2.26. The highest BCUT2D eigenvalue weighted by molar-refractivity contribution is 5.81. The van der Waals surface area contributed by atoms with Crippen molar-refractivity contribution in [3.05, 3.63) is 35.1 Å². The third-order valence-electron chi connectivity index (χ3n) is 3.93. The van der Waals surface area contributed by atoms with Gasteiger partial charge in [-0.25, -0.2) is 4.39 Å². The number of alkyl halides is 3. The van der Waals surface area contributed by atoms with Crippen LogP contribution in [0.25, 0.3) is 0 Å². The van der Waals surface area contributed by atoms with E-state index in [0.29, 0.717) is 18.9 Å². The van der Waals surface area contributed by atoms with Crippen molar-refractivity contribution in [1.29, 1.82) is 0 Å². The standard InChI is InChI=1S/C14H14F4O2/c15-11-8-9(14(16,17)18)4-5-10(11)13(12(19)20)6-2-1-3-7-13/h4-5,8H,1-3,6-7H2,(H,19,20). The number of carboxylic acid groups (broad SMARTS) is 1. The van der Waals surface area contributed by atoms with Gasteiger partial charge in [0.25, 0.3) is 0 Å². The van der Waals surface area contributed by atoms with E-state index in [4.69, 9.17) is 0 Å². The second-order valence-electron chi connectivity index (χ2n) is 5.14. The number of halogens is 4. The molecule has 1 aromatic carbocycles. The van der Waals surface area contributed by atoms with E-state index in [1.54, 1.807) is 0 Å². The van der Waals surface area contributed by atoms with E-state index in [-0.39, 0.29) is 18.4 Å². The lowest BCUT2D eigenvalue weighted by Crippen LogP contribution is -2.38. The monoisotopic (exact) mass is 290 g/mol. The van der Waals surface area contributed by atoms with Gasteiger partial charge >= 0.3 is 12.1 Å². The Balaban J connectivity index is 2.48. The average Bonchev–Trinajstić information content (AvgIpc) is 2.38. The Morgan fingerprint density at radius 3 is 2.20 bits per heavy atom. The SMILES string of the molecule is O=C(O)C1(c2ccc(C(F)(F)F)cc2F)CCCCC1. The van der Waals surface area contributed by atoms with Crippen LogP contribution in [0, 0.1) is 5.82 Å². The maximum absolute atomic E-state index is 14.0. The van der Waals surface area contributed by atoms with Crippen LogP contribution in [0.3, 0.4) is 0 Å². The van der Waals surface area contributed by atoms with Gasteiger partial charge in [0, 0.05) is 5.56 Å². The molecule has 110 valence electrons. The molecule has 0 bridgehead atoms. The number of carbonyl (C=O) groups is 1. The van der Waals surface area contributed by atoms with E-state index >= 15 is 0 Å². The highest BCUT2D eigenvalue weighted by Gasteiger charge is 2.44. The van der Waals surface area contributed by atoms with Gasteiger partial charge in [0.1, 0.15) is 5.82 Å². The lowest BCUT2D eigenvalue weighted by atomic mass is 9.69. The number of hydrogen-bond acceptors (Lipinski definition) is 1. The Hall–Kier alpha value is -1.59. The van der Waals surface area contributed by atoms with Crippen molar-refractivity contribution in [2.24, 2.45) is 0 Å². The molecule has 2 nitrogen and oxygen atoms in total. The zero-order chi connectivity index (χ0) is 15.0. The van der Waals surface area contributed by atoms with E-state index in [9.17, 15) is 27.5 Å². The largest absolute Gasteiger partial charge is 0.481 e. The van der Waals surface area contributed by atoms with E-state index in [1.165, 1.54) is 0 Å². The van der Waals surface area contributed by atoms with Crippen molar-refractivity contribution in [1.82, 2.24) is 0 Å². The van der Waals surface area contributed by atoms with Gasteiger partial charge in [-0.15, -0.1) is 0 Å². The first-order valence-electron chi connectivity index (χ1n) is 6.38. The molecule has 0 aliphatic heterocycles. The second kappa shape index (κ2) is 5.07. The fraction of sp³-hybridized carbons (Fsp3) is 0.500. The molecular weight excluding hydrogens is 276 g/mol. The Morgan fingerprint density at radius 1 is 1.15 bits per heavy atom. The molecule has 1 aliphatic rings. The van der Waals surface area contributed by atoms with Gasteiger partial charge < -0.3 is 5.11 Å². The second-order valence-corrected chi connectivity index (χ2v) is 5.14. The van der Waals surface area contributed by atoms with Crippen LogP contribution in [0.5, 0.6) is 0 Å². The molecule has 0 unspecified atom stereocenters. The van der Waals surface area contributed by atoms with Crippen LogP contribution >= 0.6 is 0 Å². The topological polar surface area (TPSA) is 37.3 Å². The smallest absolute Gasteiger partial charge is 0.416 e. The van der Waals surface area contributed by atoms with Gasteiger partial charge in [-0.2, -0.15) is 13.2 Å². The lowest BCUT2D eigenvalue weighted by molar-refractivity contribution is -0.145. The zero-order valence-electron chi connectivity index (χ0n) is 10.6. The minimum Gasteiger partial charge on any atom is -0.481 e. The van der Waals surface area contributed by atoms with Crippen LogP contribution in [0.4, 0.5) is 17.6 Å². The van der Waals surface area contributed by atoms with Crippen LogP contribution in [0.2, 0.25) is 0 Å². The van der Waals surface area contributed by atoms with Gasteiger partial charge in [0.05, 0.1) is 11.0 Å². The normalized spacial score (nSPS) is 18.8. The minimum absolute atomic E-state index is 0.141. The number of benzene rings is 1. The Morgan fingerprint density at radius 2 is 1.75 bits per heavy atom. The van der Waals surface area contributed by atoms with Crippen molar-refractivity contribution < 1.29 is 27.5 Å². The fourth-order valence-corrected chi connectivity index (χ4v) is 2.83. The summed E-state index contributed by atoms with van der Waals surface area (Å²) >= 11 is 0. The molecule has 0 spiro atoms. The van der Waals surface area contributed by atoms with E-state index in [0.717, 1.165) is 18.6 Å². The van der Waals surface area contributed by atoms with Crippen molar-refractivity contribution >= 4 is 5.97 Å². The highest BCUT2D eigenvalue weighted by Crippen LogP contribution is 2.42. The summed E-state index contributed by atoms with van der Waals surface area (Å²) in [6, 6.07) is 2.10. The number of carboxylic acids is 1. The van der Waals surface area contributed by atoms with Crippen molar-refractivity contribution in [3.63, 3.8) is 0 Å². The van der Waals surface area contributed by atoms with E-state index in [2.05, 4.69) is 0 Å². The Labute approximate surface area is 113 Å². The molecule has 0 aromatic heterocycles. The van der Waals surface area contributed by atoms with Crippen LogP contribution in [-0.4, -0.2) is 11.1 Å². The van der Waals surface area contributed by atoms with Crippen LogP contribution in [-0.2, 0) is 16.4 Å². The highest BCUT2D eigenvalue weighted by atomic mass is 19.4. The average molecular weight is 290 g/mol. The van der Waals surface area contributed by atoms with Gasteiger partial charge in [-0.05, 0) is 25.0 Å². The van der Waals surface area contributed by atoms with Crippen LogP contribution < -0.4 is 0 Å². The quantitative estimate of drug-likeness (QED) is 0.831. The first-order chi connectivity index (χ1) is 9.27. The first-order valence-corrected chi connectivity index (χ1v) is 6.38. The molecule has 1 saturated carbocycles. The molecular formula is C14H14F4O2. The molecule has 0 heterocycles. The van der Waals surface area contributed by atoms with Crippen molar-refractivity contribution in [2.45, 2.75) is 43.7 Å². The molecule has 1 aromatic rings. The minimum atomic E-state index is -4.64. The Kier molecular flexibility index (Phi) is 3.75. The molecule has 0 radical (unpaired) electrons. The van der Waals surface area contributed by atoms with E-state index in [1.807, 2.05) is 0 Å². The van der Waals surface area contributed by atoms with Crippen LogP contribution in [0.15, 0.2) is 18.2 Å². The summed E-state index contributed by atoms with van der Waals surface area (Å²) in [5.41, 5.74) is -2.64. The summed E-state index contributed by atoms with van der Waals surface area (Å²) in [5, 5.41) is 9.41. The molecule has 0 atom stereocenters.